The largest absolute Gasteiger partial charge is 0.325 e. The molecule has 32 heavy (non-hydrogen) atoms. The van der Waals surface area contributed by atoms with Gasteiger partial charge in [0, 0.05) is 22.6 Å². The van der Waals surface area contributed by atoms with Crippen LogP contribution in [0.4, 0.5) is 9.18 Å². The number of imide groups is 1. The van der Waals surface area contributed by atoms with Gasteiger partial charge in [0.1, 0.15) is 11.4 Å². The highest BCUT2D eigenvalue weighted by Crippen LogP contribution is 2.33. The molecule has 2 heterocycles. The number of para-hydroxylation sites is 1. The quantitative estimate of drug-likeness (QED) is 0.466. The molecule has 1 aromatic heterocycles. The Morgan fingerprint density at radius 3 is 2.31 bits per heavy atom. The summed E-state index contributed by atoms with van der Waals surface area (Å²) in [5.41, 5.74) is 2.18. The van der Waals surface area contributed by atoms with E-state index in [1.165, 1.54) is 24.3 Å². The molecule has 1 atom stereocenters. The maximum atomic E-state index is 13.4. The first-order valence-corrected chi connectivity index (χ1v) is 10.5. The molecule has 1 N–H and O–H groups in total. The van der Waals surface area contributed by atoms with E-state index in [2.05, 4.69) is 5.32 Å². The average Bonchev–Trinajstić information content (AvgIpc) is 3.22. The van der Waals surface area contributed by atoms with Gasteiger partial charge in [-0.05, 0) is 56.2 Å². The van der Waals surface area contributed by atoms with Crippen molar-refractivity contribution < 1.29 is 18.8 Å². The highest BCUT2D eigenvalue weighted by atomic mass is 19.1. The van der Waals surface area contributed by atoms with E-state index in [0.717, 1.165) is 22.0 Å². The maximum absolute atomic E-state index is 13.4. The Hall–Kier alpha value is -3.74. The van der Waals surface area contributed by atoms with E-state index < -0.39 is 23.3 Å². The van der Waals surface area contributed by atoms with Crippen molar-refractivity contribution in [3.63, 3.8) is 0 Å². The fourth-order valence-corrected chi connectivity index (χ4v) is 4.39. The molecule has 0 saturated carbocycles. The summed E-state index contributed by atoms with van der Waals surface area (Å²) in [6, 6.07) is 16.3. The smallest absolute Gasteiger partial charge is 0.319 e. The van der Waals surface area contributed by atoms with Gasteiger partial charge in [-0.2, -0.15) is 0 Å². The molecule has 1 aliphatic heterocycles. The molecule has 1 unspecified atom stereocenters. The summed E-state index contributed by atoms with van der Waals surface area (Å²) in [5.74, 6) is -1.27. The molecule has 0 bridgehead atoms. The lowest BCUT2D eigenvalue weighted by molar-refractivity contribution is -0.131. The number of hydrogen-bond acceptors (Lipinski definition) is 3. The lowest BCUT2D eigenvalue weighted by atomic mass is 9.87. The van der Waals surface area contributed by atoms with Crippen LogP contribution < -0.4 is 5.32 Å². The standard InChI is InChI=1S/C25H24FN3O3/c1-4-25(18-10-12-19(26)13-11-18)23(31)28(24(32)27-25)15-22(30)21-14-16(2)29(17(21)3)20-8-6-5-7-9-20/h5-14H,4,15H2,1-3H3,(H,27,32). The van der Waals surface area contributed by atoms with Crippen molar-refractivity contribution in [2.24, 2.45) is 0 Å². The zero-order valence-electron chi connectivity index (χ0n) is 18.2. The van der Waals surface area contributed by atoms with Crippen LogP contribution in [0.3, 0.4) is 0 Å². The lowest BCUT2D eigenvalue weighted by Gasteiger charge is -2.25. The fourth-order valence-electron chi connectivity index (χ4n) is 4.39. The first kappa shape index (κ1) is 21.5. The molecule has 1 saturated heterocycles. The van der Waals surface area contributed by atoms with Crippen LogP contribution in [-0.4, -0.2) is 33.7 Å². The van der Waals surface area contributed by atoms with Crippen LogP contribution in [0.25, 0.3) is 5.69 Å². The third-order valence-corrected chi connectivity index (χ3v) is 6.09. The molecular formula is C25H24FN3O3. The van der Waals surface area contributed by atoms with E-state index in [9.17, 15) is 18.8 Å². The van der Waals surface area contributed by atoms with E-state index in [-0.39, 0.29) is 18.7 Å². The average molecular weight is 433 g/mol. The minimum Gasteiger partial charge on any atom is -0.319 e. The number of aromatic nitrogens is 1. The predicted molar refractivity (Wildman–Crippen MR) is 118 cm³/mol. The van der Waals surface area contributed by atoms with Crippen molar-refractivity contribution in [3.05, 3.63) is 89.0 Å². The second kappa shape index (κ2) is 8.07. The molecule has 0 radical (unpaired) electrons. The number of hydrogen-bond donors (Lipinski definition) is 1. The van der Waals surface area contributed by atoms with Crippen LogP contribution >= 0.6 is 0 Å². The Kier molecular flexibility index (Phi) is 5.42. The fraction of sp³-hybridized carbons (Fsp3) is 0.240. The number of rotatable bonds is 6. The molecule has 3 aromatic rings. The van der Waals surface area contributed by atoms with Gasteiger partial charge >= 0.3 is 6.03 Å². The SMILES string of the molecule is CCC1(c2ccc(F)cc2)NC(=O)N(CC(=O)c2cc(C)n(-c3ccccc3)c2C)C1=O. The number of carbonyl (C=O) groups is 3. The lowest BCUT2D eigenvalue weighted by Crippen LogP contribution is -2.43. The van der Waals surface area contributed by atoms with Gasteiger partial charge in [-0.3, -0.25) is 14.5 Å². The van der Waals surface area contributed by atoms with Crippen LogP contribution in [-0.2, 0) is 10.3 Å². The second-order valence-electron chi connectivity index (χ2n) is 7.97. The Morgan fingerprint density at radius 2 is 1.69 bits per heavy atom. The van der Waals surface area contributed by atoms with Gasteiger partial charge in [0.05, 0.1) is 6.54 Å². The van der Waals surface area contributed by atoms with Gasteiger partial charge in [0.2, 0.25) is 0 Å². The maximum Gasteiger partial charge on any atom is 0.325 e. The molecule has 0 aliphatic carbocycles. The Morgan fingerprint density at radius 1 is 1.03 bits per heavy atom. The molecule has 1 fully saturated rings. The van der Waals surface area contributed by atoms with Crippen LogP contribution in [0.15, 0.2) is 60.7 Å². The first-order valence-electron chi connectivity index (χ1n) is 10.5. The molecule has 2 aromatic carbocycles. The van der Waals surface area contributed by atoms with Crippen molar-refractivity contribution >= 4 is 17.7 Å². The number of aryl methyl sites for hydroxylation is 1. The Labute approximate surface area is 185 Å². The minimum absolute atomic E-state index is 0.274. The zero-order valence-corrected chi connectivity index (χ0v) is 18.2. The van der Waals surface area contributed by atoms with Crippen molar-refractivity contribution in [2.45, 2.75) is 32.7 Å². The highest BCUT2D eigenvalue weighted by molar-refractivity contribution is 6.11. The molecule has 4 rings (SSSR count). The van der Waals surface area contributed by atoms with Gasteiger partial charge in [-0.15, -0.1) is 0 Å². The van der Waals surface area contributed by atoms with Crippen molar-refractivity contribution in [2.75, 3.05) is 6.54 Å². The first-order chi connectivity index (χ1) is 15.3. The molecule has 7 heteroatoms. The monoisotopic (exact) mass is 433 g/mol. The van der Waals surface area contributed by atoms with Crippen LogP contribution in [0.1, 0.15) is 40.7 Å². The molecule has 0 spiro atoms. The number of nitrogens with zero attached hydrogens (tertiary/aromatic N) is 2. The summed E-state index contributed by atoms with van der Waals surface area (Å²) in [4.78, 5) is 40.1. The topological polar surface area (TPSA) is 71.4 Å². The summed E-state index contributed by atoms with van der Waals surface area (Å²) in [6.07, 6.45) is 0.274. The van der Waals surface area contributed by atoms with E-state index in [0.29, 0.717) is 11.1 Å². The number of amides is 3. The van der Waals surface area contributed by atoms with Crippen molar-refractivity contribution in [3.8, 4) is 5.69 Å². The number of halogens is 1. The van der Waals surface area contributed by atoms with E-state index >= 15 is 0 Å². The van der Waals surface area contributed by atoms with Crippen LogP contribution in [0.2, 0.25) is 0 Å². The predicted octanol–water partition coefficient (Wildman–Crippen LogP) is 4.27. The van der Waals surface area contributed by atoms with Gasteiger partial charge in [0.25, 0.3) is 5.91 Å². The van der Waals surface area contributed by atoms with E-state index in [1.807, 2.05) is 48.7 Å². The van der Waals surface area contributed by atoms with Crippen molar-refractivity contribution in [1.29, 1.82) is 0 Å². The van der Waals surface area contributed by atoms with Crippen LogP contribution in [0, 0.1) is 19.7 Å². The molecule has 1 aliphatic rings. The summed E-state index contributed by atoms with van der Waals surface area (Å²) >= 11 is 0. The molecule has 164 valence electrons. The number of urea groups is 1. The number of Topliss-reactive ketones (excluding diaryl/α,β-unsaturated/α-hetero) is 1. The molecular weight excluding hydrogens is 409 g/mol. The minimum atomic E-state index is -1.31. The highest BCUT2D eigenvalue weighted by Gasteiger charge is 2.51. The van der Waals surface area contributed by atoms with Crippen molar-refractivity contribution in [1.82, 2.24) is 14.8 Å². The van der Waals surface area contributed by atoms with E-state index in [4.69, 9.17) is 0 Å². The molecule has 6 nitrogen and oxygen atoms in total. The number of nitrogens with one attached hydrogen (secondary N) is 1. The third kappa shape index (κ3) is 3.39. The zero-order chi connectivity index (χ0) is 23.0. The van der Waals surface area contributed by atoms with Gasteiger partial charge in [0.15, 0.2) is 5.78 Å². The summed E-state index contributed by atoms with van der Waals surface area (Å²) in [6.45, 7) is 5.14. The second-order valence-corrected chi connectivity index (χ2v) is 7.97. The summed E-state index contributed by atoms with van der Waals surface area (Å²) < 4.78 is 15.3. The van der Waals surface area contributed by atoms with Gasteiger partial charge in [-0.25, -0.2) is 9.18 Å². The number of benzene rings is 2. The third-order valence-electron chi connectivity index (χ3n) is 6.09. The van der Waals surface area contributed by atoms with Gasteiger partial charge in [-0.1, -0.05) is 37.3 Å². The Balaban J connectivity index is 1.62. The molecule has 3 amide bonds. The number of ketones is 1. The summed E-state index contributed by atoms with van der Waals surface area (Å²) in [5, 5.41) is 2.72. The number of carbonyl (C=O) groups excluding carboxylic acids is 3. The Bertz CT molecular complexity index is 1200. The van der Waals surface area contributed by atoms with E-state index in [1.54, 1.807) is 13.0 Å². The summed E-state index contributed by atoms with van der Waals surface area (Å²) in [7, 11) is 0. The van der Waals surface area contributed by atoms with Gasteiger partial charge < -0.3 is 9.88 Å². The van der Waals surface area contributed by atoms with Crippen LogP contribution in [0.5, 0.6) is 0 Å². The normalized spacial score (nSPS) is 18.2.